The molecule has 0 saturated carbocycles. The van der Waals surface area contributed by atoms with Gasteiger partial charge in [0.25, 0.3) is 0 Å². The van der Waals surface area contributed by atoms with Crippen LogP contribution in [0.5, 0.6) is 0 Å². The van der Waals surface area contributed by atoms with E-state index < -0.39 is 42.5 Å². The van der Waals surface area contributed by atoms with Crippen molar-refractivity contribution in [2.24, 2.45) is 5.41 Å². The molecule has 5 nitrogen and oxygen atoms in total. The summed E-state index contributed by atoms with van der Waals surface area (Å²) in [6, 6.07) is 0. The minimum atomic E-state index is -5.01. The molecule has 1 fully saturated rings. The first-order valence-corrected chi connectivity index (χ1v) is 6.21. The molecule has 1 saturated heterocycles. The number of carboxylic acids is 1. The summed E-state index contributed by atoms with van der Waals surface area (Å²) in [5.41, 5.74) is -3.00. The molecule has 0 spiro atoms. The summed E-state index contributed by atoms with van der Waals surface area (Å²) in [5, 5.41) is 8.46. The van der Waals surface area contributed by atoms with Crippen molar-refractivity contribution in [2.75, 3.05) is 18.0 Å². The predicted molar refractivity (Wildman–Crippen MR) is 57.9 cm³/mol. The zero-order valence-electron chi connectivity index (χ0n) is 9.99. The Morgan fingerprint density at radius 2 is 1.90 bits per heavy atom. The third-order valence-electron chi connectivity index (χ3n) is 3.16. The number of carboxylic acid groups (broad SMARTS) is 1. The topological polar surface area (TPSA) is 66.3 Å². The lowest BCUT2D eigenvalue weighted by molar-refractivity contribution is -0.225. The zero-order valence-corrected chi connectivity index (χ0v) is 10.8. The van der Waals surface area contributed by atoms with E-state index >= 15 is 0 Å². The Bertz CT molecular complexity index is 556. The van der Waals surface area contributed by atoms with E-state index in [-0.39, 0.29) is 23.2 Å². The molecule has 0 aromatic carbocycles. The molecular weight excluding hydrogens is 328 g/mol. The third-order valence-corrected chi connectivity index (χ3v) is 3.94. The predicted octanol–water partition coefficient (Wildman–Crippen LogP) is 2.40. The average Bonchev–Trinajstić information content (AvgIpc) is 2.94. The van der Waals surface area contributed by atoms with Crippen LogP contribution in [-0.4, -0.2) is 39.7 Å². The fraction of sp³-hybridized carbons (Fsp3) is 0.667. The molecule has 0 amide bonds. The van der Waals surface area contributed by atoms with E-state index in [1.54, 1.807) is 0 Å². The number of halogens is 6. The van der Waals surface area contributed by atoms with Crippen LogP contribution in [0.25, 0.3) is 0 Å². The molecule has 1 aliphatic rings. The highest BCUT2D eigenvalue weighted by molar-refractivity contribution is 7.09. The van der Waals surface area contributed by atoms with Gasteiger partial charge in [0.05, 0.1) is 0 Å². The molecule has 1 aromatic heterocycles. The van der Waals surface area contributed by atoms with Gasteiger partial charge in [-0.25, -0.2) is 0 Å². The largest absolute Gasteiger partial charge is 0.481 e. The van der Waals surface area contributed by atoms with Gasteiger partial charge in [0.15, 0.2) is 5.41 Å². The number of carbonyl (C=O) groups is 1. The van der Waals surface area contributed by atoms with Gasteiger partial charge >= 0.3 is 18.3 Å². The molecule has 1 unspecified atom stereocenters. The van der Waals surface area contributed by atoms with Crippen LogP contribution >= 0.6 is 11.5 Å². The molecule has 118 valence electrons. The van der Waals surface area contributed by atoms with Crippen molar-refractivity contribution in [3.8, 4) is 0 Å². The van der Waals surface area contributed by atoms with Crippen molar-refractivity contribution in [3.63, 3.8) is 0 Å². The van der Waals surface area contributed by atoms with Crippen LogP contribution in [0.3, 0.4) is 0 Å². The van der Waals surface area contributed by atoms with Crippen molar-refractivity contribution in [3.05, 3.63) is 5.82 Å². The number of nitrogens with zero attached hydrogens (tertiary/aromatic N) is 3. The van der Waals surface area contributed by atoms with Crippen molar-refractivity contribution < 1.29 is 36.2 Å². The van der Waals surface area contributed by atoms with E-state index in [4.69, 9.17) is 5.11 Å². The molecule has 0 aliphatic carbocycles. The minimum absolute atomic E-state index is 0.281. The van der Waals surface area contributed by atoms with Crippen molar-refractivity contribution in [2.45, 2.75) is 18.8 Å². The van der Waals surface area contributed by atoms with Crippen LogP contribution in [0.2, 0.25) is 0 Å². The Morgan fingerprint density at radius 1 is 1.29 bits per heavy atom. The molecule has 1 aromatic rings. The second-order valence-corrected chi connectivity index (χ2v) is 5.19. The second kappa shape index (κ2) is 4.71. The van der Waals surface area contributed by atoms with Gasteiger partial charge in [0, 0.05) is 24.6 Å². The lowest BCUT2D eigenvalue weighted by Gasteiger charge is -2.26. The summed E-state index contributed by atoms with van der Waals surface area (Å²) in [4.78, 5) is 14.9. The molecular formula is C9H7F6N3O2S. The lowest BCUT2D eigenvalue weighted by Crippen LogP contribution is -2.47. The lowest BCUT2D eigenvalue weighted by atomic mass is 9.86. The first-order valence-electron chi connectivity index (χ1n) is 5.43. The summed E-state index contributed by atoms with van der Waals surface area (Å²) in [7, 11) is 0. The quantitative estimate of drug-likeness (QED) is 0.841. The zero-order chi connectivity index (χ0) is 16.1. The maximum atomic E-state index is 12.9. The van der Waals surface area contributed by atoms with Gasteiger partial charge in [0.1, 0.15) is 0 Å². The molecule has 2 rings (SSSR count). The van der Waals surface area contributed by atoms with Crippen LogP contribution < -0.4 is 4.90 Å². The number of aliphatic carboxylic acids is 1. The number of hydrogen-bond acceptors (Lipinski definition) is 5. The number of aromatic nitrogens is 2. The van der Waals surface area contributed by atoms with Crippen LogP contribution in [0.15, 0.2) is 0 Å². The van der Waals surface area contributed by atoms with Crippen LogP contribution in [0.1, 0.15) is 12.2 Å². The highest BCUT2D eigenvalue weighted by Crippen LogP contribution is 2.47. The molecule has 1 atom stereocenters. The molecule has 12 heteroatoms. The van der Waals surface area contributed by atoms with Crippen LogP contribution in [0, 0.1) is 5.41 Å². The standard InChI is InChI=1S/C9H7F6N3O2S/c10-8(11,12)4-16-6(21-17-4)18-2-1-7(3-18,5(19)20)9(13,14)15/h1-3H2,(H,19,20). The Hall–Kier alpha value is -1.59. The molecule has 2 heterocycles. The smallest absolute Gasteiger partial charge is 0.452 e. The third kappa shape index (κ3) is 2.63. The summed E-state index contributed by atoms with van der Waals surface area (Å²) in [6.07, 6.45) is -10.6. The fourth-order valence-corrected chi connectivity index (χ4v) is 2.67. The first kappa shape index (κ1) is 15.8. The van der Waals surface area contributed by atoms with E-state index in [2.05, 4.69) is 9.36 Å². The molecule has 1 aliphatic heterocycles. The van der Waals surface area contributed by atoms with Gasteiger partial charge in [-0.1, -0.05) is 0 Å². The number of rotatable bonds is 2. The second-order valence-electron chi connectivity index (χ2n) is 4.45. The van der Waals surface area contributed by atoms with Crippen LogP contribution in [-0.2, 0) is 11.0 Å². The normalized spacial score (nSPS) is 23.6. The number of alkyl halides is 6. The van der Waals surface area contributed by atoms with Gasteiger partial charge in [0.2, 0.25) is 11.0 Å². The Kier molecular flexibility index (Phi) is 3.54. The van der Waals surface area contributed by atoms with Gasteiger partial charge in [-0.15, -0.1) is 0 Å². The molecule has 0 radical (unpaired) electrons. The van der Waals surface area contributed by atoms with Crippen molar-refractivity contribution >= 4 is 22.6 Å². The van der Waals surface area contributed by atoms with E-state index in [0.717, 1.165) is 4.90 Å². The van der Waals surface area contributed by atoms with Crippen LogP contribution in [0.4, 0.5) is 31.5 Å². The SMILES string of the molecule is O=C(O)C1(C(F)(F)F)CCN(c2nc(C(F)(F)F)ns2)C1. The van der Waals surface area contributed by atoms with Gasteiger partial charge < -0.3 is 10.0 Å². The summed E-state index contributed by atoms with van der Waals surface area (Å²) < 4.78 is 78.9. The summed E-state index contributed by atoms with van der Waals surface area (Å²) >= 11 is 0.281. The fourth-order valence-electron chi connectivity index (χ4n) is 1.96. The van der Waals surface area contributed by atoms with E-state index in [1.165, 1.54) is 0 Å². The Morgan fingerprint density at radius 3 is 2.29 bits per heavy atom. The highest BCUT2D eigenvalue weighted by atomic mass is 32.1. The van der Waals surface area contributed by atoms with Gasteiger partial charge in [-0.2, -0.15) is 35.7 Å². The van der Waals surface area contributed by atoms with Crippen molar-refractivity contribution in [1.82, 2.24) is 9.36 Å². The van der Waals surface area contributed by atoms with E-state index in [9.17, 15) is 31.1 Å². The maximum Gasteiger partial charge on any atom is 0.452 e. The molecule has 21 heavy (non-hydrogen) atoms. The summed E-state index contributed by atoms with van der Waals surface area (Å²) in [5.74, 6) is -3.51. The van der Waals surface area contributed by atoms with Crippen molar-refractivity contribution in [1.29, 1.82) is 0 Å². The average molecular weight is 335 g/mol. The van der Waals surface area contributed by atoms with Gasteiger partial charge in [-0.05, 0) is 6.42 Å². The molecule has 0 bridgehead atoms. The monoisotopic (exact) mass is 335 g/mol. The Labute approximate surface area is 117 Å². The maximum absolute atomic E-state index is 12.9. The first-order chi connectivity index (χ1) is 9.47. The minimum Gasteiger partial charge on any atom is -0.481 e. The Balaban J connectivity index is 2.26. The van der Waals surface area contributed by atoms with E-state index in [1.807, 2.05) is 0 Å². The van der Waals surface area contributed by atoms with Gasteiger partial charge in [-0.3, -0.25) is 4.79 Å². The summed E-state index contributed by atoms with van der Waals surface area (Å²) in [6.45, 7) is -1.35. The number of anilines is 1. The van der Waals surface area contributed by atoms with E-state index in [0.29, 0.717) is 0 Å². The molecule has 1 N–H and O–H groups in total. The highest BCUT2D eigenvalue weighted by Gasteiger charge is 2.64. The number of hydrogen-bond donors (Lipinski definition) is 1.